The van der Waals surface area contributed by atoms with Crippen LogP contribution in [0.3, 0.4) is 0 Å². The van der Waals surface area contributed by atoms with Gasteiger partial charge in [0.05, 0.1) is 12.3 Å². The molecule has 2 aromatic rings. The van der Waals surface area contributed by atoms with E-state index in [0.717, 1.165) is 11.3 Å². The van der Waals surface area contributed by atoms with E-state index in [1.807, 2.05) is 32.9 Å². The molecule has 1 atom stereocenters. The van der Waals surface area contributed by atoms with Gasteiger partial charge in [0, 0.05) is 23.5 Å². The van der Waals surface area contributed by atoms with Crippen molar-refractivity contribution in [2.24, 2.45) is 5.16 Å². The predicted octanol–water partition coefficient (Wildman–Crippen LogP) is 4.98. The second-order valence-electron chi connectivity index (χ2n) is 8.17. The van der Waals surface area contributed by atoms with Gasteiger partial charge in [-0.05, 0) is 56.2 Å². The number of oxime groups is 1. The van der Waals surface area contributed by atoms with E-state index >= 15 is 0 Å². The highest BCUT2D eigenvalue weighted by Crippen LogP contribution is 2.20. The van der Waals surface area contributed by atoms with Crippen molar-refractivity contribution < 1.29 is 14.0 Å². The summed E-state index contributed by atoms with van der Waals surface area (Å²) in [5, 5.41) is 7.80. The van der Waals surface area contributed by atoms with E-state index in [1.54, 1.807) is 29.2 Å². The Hall–Kier alpha value is -2.60. The minimum Gasteiger partial charge on any atom is -0.390 e. The Kier molecular flexibility index (Phi) is 6.42. The summed E-state index contributed by atoms with van der Waals surface area (Å²) in [6.45, 7) is 6.35. The molecule has 0 aromatic heterocycles. The predicted molar refractivity (Wildman–Crippen MR) is 113 cm³/mol. The lowest BCUT2D eigenvalue weighted by molar-refractivity contribution is 0.0580. The van der Waals surface area contributed by atoms with E-state index in [9.17, 15) is 9.18 Å². The molecule has 29 heavy (non-hydrogen) atoms. The normalized spacial score (nSPS) is 16.2. The molecule has 0 aliphatic carbocycles. The van der Waals surface area contributed by atoms with Gasteiger partial charge in [0.25, 0.3) is 0 Å². The number of rotatable bonds is 5. The second-order valence-corrected chi connectivity index (χ2v) is 8.60. The number of nitrogens with zero attached hydrogens (tertiary/aromatic N) is 2. The van der Waals surface area contributed by atoms with Gasteiger partial charge in [0.2, 0.25) is 0 Å². The van der Waals surface area contributed by atoms with Crippen LogP contribution < -0.4 is 5.32 Å². The average molecular weight is 418 g/mol. The minimum absolute atomic E-state index is 0.231. The lowest BCUT2D eigenvalue weighted by Gasteiger charge is -2.29. The van der Waals surface area contributed by atoms with E-state index in [-0.39, 0.29) is 24.5 Å². The summed E-state index contributed by atoms with van der Waals surface area (Å²) in [6.07, 6.45) is 0.296. The van der Waals surface area contributed by atoms with Crippen molar-refractivity contribution in [3.63, 3.8) is 0 Å². The summed E-state index contributed by atoms with van der Waals surface area (Å²) in [4.78, 5) is 20.0. The van der Waals surface area contributed by atoms with E-state index in [4.69, 9.17) is 16.4 Å². The third-order valence-electron chi connectivity index (χ3n) is 4.37. The molecule has 154 valence electrons. The molecule has 0 radical (unpaired) electrons. The molecule has 3 rings (SSSR count). The monoisotopic (exact) mass is 417 g/mol. The Morgan fingerprint density at radius 1 is 1.28 bits per heavy atom. The third kappa shape index (κ3) is 6.19. The topological polar surface area (TPSA) is 53.9 Å². The van der Waals surface area contributed by atoms with Gasteiger partial charge in [0.1, 0.15) is 5.82 Å². The van der Waals surface area contributed by atoms with Crippen LogP contribution in [-0.4, -0.2) is 34.8 Å². The highest BCUT2D eigenvalue weighted by atomic mass is 35.5. The number of carbonyl (C=O) groups excluding carboxylic acids is 1. The van der Waals surface area contributed by atoms with E-state index in [0.29, 0.717) is 23.6 Å². The average Bonchev–Trinajstić information content (AvgIpc) is 3.09. The van der Waals surface area contributed by atoms with E-state index in [1.165, 1.54) is 12.1 Å². The Balaban J connectivity index is 1.69. The first kappa shape index (κ1) is 21.1. The number of carbonyl (C=O) groups is 1. The maximum absolute atomic E-state index is 13.6. The van der Waals surface area contributed by atoms with Gasteiger partial charge in [-0.2, -0.15) is 0 Å². The van der Waals surface area contributed by atoms with Crippen LogP contribution in [0.4, 0.5) is 9.18 Å². The standard InChI is InChI=1S/C22H25ClFN3O2/c1-22(2,3)25-21(28)27(13-15-5-4-6-18(24)11-15)14-19-12-20(26-29-19)16-7-9-17(23)10-8-16/h4-11,19H,12-14H2,1-3H3,(H,25,28). The summed E-state index contributed by atoms with van der Waals surface area (Å²) in [6, 6.07) is 13.4. The number of benzene rings is 2. The number of urea groups is 1. The molecule has 1 aliphatic heterocycles. The van der Waals surface area contributed by atoms with Crippen LogP contribution in [0.25, 0.3) is 0 Å². The Morgan fingerprint density at radius 3 is 2.66 bits per heavy atom. The quantitative estimate of drug-likeness (QED) is 0.745. The van der Waals surface area contributed by atoms with Crippen LogP contribution in [-0.2, 0) is 11.4 Å². The zero-order chi connectivity index (χ0) is 21.0. The van der Waals surface area contributed by atoms with Crippen molar-refractivity contribution in [2.75, 3.05) is 6.54 Å². The van der Waals surface area contributed by atoms with Gasteiger partial charge in [0.15, 0.2) is 6.10 Å². The fourth-order valence-electron chi connectivity index (χ4n) is 3.06. The SMILES string of the molecule is CC(C)(C)NC(=O)N(Cc1cccc(F)c1)CC1CC(c2ccc(Cl)cc2)=NO1. The zero-order valence-corrected chi connectivity index (χ0v) is 17.5. The van der Waals surface area contributed by atoms with Crippen molar-refractivity contribution in [1.29, 1.82) is 0 Å². The molecule has 7 heteroatoms. The first-order valence-corrected chi connectivity index (χ1v) is 9.87. The first-order valence-electron chi connectivity index (χ1n) is 9.50. The highest BCUT2D eigenvalue weighted by Gasteiger charge is 2.28. The van der Waals surface area contributed by atoms with Crippen molar-refractivity contribution in [1.82, 2.24) is 10.2 Å². The number of halogens is 2. The Labute approximate surface area is 175 Å². The number of hydrogen-bond acceptors (Lipinski definition) is 3. The highest BCUT2D eigenvalue weighted by molar-refractivity contribution is 6.30. The summed E-state index contributed by atoms with van der Waals surface area (Å²) in [7, 11) is 0. The molecule has 2 amide bonds. The molecule has 1 aliphatic rings. The van der Waals surface area contributed by atoms with Gasteiger partial charge in [-0.15, -0.1) is 0 Å². The van der Waals surface area contributed by atoms with Crippen LogP contribution in [0.5, 0.6) is 0 Å². The molecular weight excluding hydrogens is 393 g/mol. The van der Waals surface area contributed by atoms with Crippen LogP contribution in [0.15, 0.2) is 53.7 Å². The maximum atomic E-state index is 13.6. The molecule has 0 bridgehead atoms. The van der Waals surface area contributed by atoms with Gasteiger partial charge in [-0.3, -0.25) is 0 Å². The molecule has 0 saturated carbocycles. The van der Waals surface area contributed by atoms with Crippen LogP contribution >= 0.6 is 11.6 Å². The fourth-order valence-corrected chi connectivity index (χ4v) is 3.19. The second kappa shape index (κ2) is 8.82. The smallest absolute Gasteiger partial charge is 0.318 e. The van der Waals surface area contributed by atoms with Crippen molar-refractivity contribution >= 4 is 23.3 Å². The largest absolute Gasteiger partial charge is 0.390 e. The van der Waals surface area contributed by atoms with Crippen molar-refractivity contribution in [3.05, 3.63) is 70.5 Å². The van der Waals surface area contributed by atoms with Crippen LogP contribution in [0.1, 0.15) is 38.3 Å². The van der Waals surface area contributed by atoms with Gasteiger partial charge >= 0.3 is 6.03 Å². The van der Waals surface area contributed by atoms with Gasteiger partial charge in [-0.25, -0.2) is 9.18 Å². The van der Waals surface area contributed by atoms with E-state index < -0.39 is 5.54 Å². The Morgan fingerprint density at radius 2 is 2.00 bits per heavy atom. The molecule has 1 N–H and O–H groups in total. The lowest BCUT2D eigenvalue weighted by Crippen LogP contribution is -2.50. The molecule has 1 unspecified atom stereocenters. The van der Waals surface area contributed by atoms with Crippen LogP contribution in [0.2, 0.25) is 5.02 Å². The molecule has 2 aromatic carbocycles. The summed E-state index contributed by atoms with van der Waals surface area (Å²) in [5.41, 5.74) is 2.07. The van der Waals surface area contributed by atoms with Gasteiger partial charge < -0.3 is 15.1 Å². The molecular formula is C22H25ClFN3O2. The Bertz CT molecular complexity index is 894. The number of nitrogens with one attached hydrogen (secondary N) is 1. The van der Waals surface area contributed by atoms with Crippen molar-refractivity contribution in [2.45, 2.75) is 45.4 Å². The minimum atomic E-state index is -0.390. The molecule has 5 nitrogen and oxygen atoms in total. The van der Waals surface area contributed by atoms with E-state index in [2.05, 4.69) is 10.5 Å². The maximum Gasteiger partial charge on any atom is 0.318 e. The lowest BCUT2D eigenvalue weighted by atomic mass is 10.0. The number of amides is 2. The number of hydrogen-bond donors (Lipinski definition) is 1. The van der Waals surface area contributed by atoms with Crippen molar-refractivity contribution in [3.8, 4) is 0 Å². The first-order chi connectivity index (χ1) is 13.7. The zero-order valence-electron chi connectivity index (χ0n) is 16.8. The molecule has 0 fully saturated rings. The van der Waals surface area contributed by atoms with Crippen LogP contribution in [0, 0.1) is 5.82 Å². The molecule has 0 spiro atoms. The van der Waals surface area contributed by atoms with Gasteiger partial charge in [-0.1, -0.05) is 41.0 Å². The summed E-state index contributed by atoms with van der Waals surface area (Å²) in [5.74, 6) is -0.329. The summed E-state index contributed by atoms with van der Waals surface area (Å²) < 4.78 is 13.6. The third-order valence-corrected chi connectivity index (χ3v) is 4.62. The summed E-state index contributed by atoms with van der Waals surface area (Å²) >= 11 is 5.94. The molecule has 0 saturated heterocycles. The molecule has 1 heterocycles. The fraction of sp³-hybridized carbons (Fsp3) is 0.364.